The van der Waals surface area contributed by atoms with E-state index < -0.39 is 4.92 Å². The number of rotatable bonds is 6. The molecule has 22 heavy (non-hydrogen) atoms. The van der Waals surface area contributed by atoms with Gasteiger partial charge in [-0.2, -0.15) is 0 Å². The number of nitro groups is 1. The molecule has 0 amide bonds. The summed E-state index contributed by atoms with van der Waals surface area (Å²) in [5, 5.41) is 20.9. The van der Waals surface area contributed by atoms with E-state index >= 15 is 0 Å². The van der Waals surface area contributed by atoms with E-state index in [1.54, 1.807) is 13.2 Å². The van der Waals surface area contributed by atoms with Crippen molar-refractivity contribution in [3.05, 3.63) is 63.2 Å². The first kappa shape index (κ1) is 15.8. The van der Waals surface area contributed by atoms with Gasteiger partial charge in [0.2, 0.25) is 0 Å². The normalized spacial score (nSPS) is 10.5. The number of phenols is 1. The molecule has 2 rings (SSSR count). The fourth-order valence-corrected chi connectivity index (χ4v) is 2.30. The number of ether oxygens (including phenoxy) is 2. The zero-order valence-corrected chi connectivity index (χ0v) is 12.4. The Bertz CT molecular complexity index is 667. The Kier molecular flexibility index (Phi) is 4.95. The predicted octanol–water partition coefficient (Wildman–Crippen LogP) is 3.05. The van der Waals surface area contributed by atoms with E-state index in [1.807, 2.05) is 24.3 Å². The second-order valence-electron chi connectivity index (χ2n) is 4.79. The molecule has 2 aromatic rings. The van der Waals surface area contributed by atoms with Gasteiger partial charge in [0.25, 0.3) is 0 Å². The number of nitro benzene ring substituents is 1. The SMILES string of the molecule is COCc1c(Cc2ccc(OC)cc2)ccc(O)c1[N+](=O)[O-]. The van der Waals surface area contributed by atoms with Crippen molar-refractivity contribution in [1.29, 1.82) is 0 Å². The summed E-state index contributed by atoms with van der Waals surface area (Å²) in [4.78, 5) is 10.6. The van der Waals surface area contributed by atoms with Crippen LogP contribution in [-0.4, -0.2) is 24.2 Å². The molecule has 6 nitrogen and oxygen atoms in total. The van der Waals surface area contributed by atoms with Gasteiger partial charge in [0.1, 0.15) is 5.75 Å². The zero-order valence-electron chi connectivity index (χ0n) is 12.4. The molecule has 0 radical (unpaired) electrons. The Morgan fingerprint density at radius 1 is 1.14 bits per heavy atom. The molecule has 2 aromatic carbocycles. The molecule has 0 aliphatic carbocycles. The van der Waals surface area contributed by atoms with Crippen LogP contribution in [0.1, 0.15) is 16.7 Å². The summed E-state index contributed by atoms with van der Waals surface area (Å²) in [6, 6.07) is 10.5. The minimum absolute atomic E-state index is 0.0657. The van der Waals surface area contributed by atoms with Gasteiger partial charge in [-0.1, -0.05) is 18.2 Å². The summed E-state index contributed by atoms with van der Waals surface area (Å²) < 4.78 is 10.2. The molecule has 116 valence electrons. The third-order valence-corrected chi connectivity index (χ3v) is 3.38. The summed E-state index contributed by atoms with van der Waals surface area (Å²) in [5.74, 6) is 0.396. The summed E-state index contributed by atoms with van der Waals surface area (Å²) in [7, 11) is 3.06. The van der Waals surface area contributed by atoms with E-state index in [0.717, 1.165) is 16.9 Å². The average Bonchev–Trinajstić information content (AvgIpc) is 2.50. The van der Waals surface area contributed by atoms with Crippen molar-refractivity contribution in [2.24, 2.45) is 0 Å². The van der Waals surface area contributed by atoms with E-state index in [0.29, 0.717) is 12.0 Å². The Hall–Kier alpha value is -2.60. The summed E-state index contributed by atoms with van der Waals surface area (Å²) in [6.07, 6.45) is 0.504. The van der Waals surface area contributed by atoms with Crippen LogP contribution in [0.5, 0.6) is 11.5 Å². The van der Waals surface area contributed by atoms with Gasteiger partial charge in [0.05, 0.1) is 24.2 Å². The van der Waals surface area contributed by atoms with E-state index in [-0.39, 0.29) is 18.0 Å². The topological polar surface area (TPSA) is 81.8 Å². The van der Waals surface area contributed by atoms with Crippen molar-refractivity contribution >= 4 is 5.69 Å². The van der Waals surface area contributed by atoms with Crippen molar-refractivity contribution in [3.8, 4) is 11.5 Å². The summed E-state index contributed by atoms with van der Waals surface area (Å²) in [6.45, 7) is 0.0657. The molecule has 0 saturated heterocycles. The number of methoxy groups -OCH3 is 2. The molecule has 0 saturated carbocycles. The number of aromatic hydroxyl groups is 1. The van der Waals surface area contributed by atoms with Gasteiger partial charge in [-0.3, -0.25) is 10.1 Å². The van der Waals surface area contributed by atoms with Crippen LogP contribution in [0, 0.1) is 10.1 Å². The maximum absolute atomic E-state index is 11.2. The van der Waals surface area contributed by atoms with Gasteiger partial charge >= 0.3 is 5.69 Å². The highest BCUT2D eigenvalue weighted by atomic mass is 16.6. The fourth-order valence-electron chi connectivity index (χ4n) is 2.30. The van der Waals surface area contributed by atoms with E-state index in [4.69, 9.17) is 9.47 Å². The van der Waals surface area contributed by atoms with Crippen LogP contribution in [0.25, 0.3) is 0 Å². The monoisotopic (exact) mass is 303 g/mol. The van der Waals surface area contributed by atoms with Gasteiger partial charge in [0.15, 0.2) is 5.75 Å². The second-order valence-corrected chi connectivity index (χ2v) is 4.79. The lowest BCUT2D eigenvalue weighted by Gasteiger charge is -2.11. The highest BCUT2D eigenvalue weighted by molar-refractivity contribution is 5.56. The smallest absolute Gasteiger partial charge is 0.316 e. The van der Waals surface area contributed by atoms with E-state index in [9.17, 15) is 15.2 Å². The van der Waals surface area contributed by atoms with Crippen molar-refractivity contribution in [2.75, 3.05) is 14.2 Å². The van der Waals surface area contributed by atoms with Crippen molar-refractivity contribution in [2.45, 2.75) is 13.0 Å². The van der Waals surface area contributed by atoms with Crippen LogP contribution < -0.4 is 4.74 Å². The standard InChI is InChI=1S/C16H17NO5/c1-21-10-14-12(5-8-15(18)16(14)17(19)20)9-11-3-6-13(22-2)7-4-11/h3-8,18H,9-10H2,1-2H3. The third-order valence-electron chi connectivity index (χ3n) is 3.38. The Morgan fingerprint density at radius 3 is 2.36 bits per heavy atom. The largest absolute Gasteiger partial charge is 0.502 e. The molecule has 0 aliphatic heterocycles. The average molecular weight is 303 g/mol. The molecule has 0 unspecified atom stereocenters. The number of hydrogen-bond donors (Lipinski definition) is 1. The Balaban J connectivity index is 2.40. The fraction of sp³-hybridized carbons (Fsp3) is 0.250. The zero-order chi connectivity index (χ0) is 16.1. The molecular weight excluding hydrogens is 286 g/mol. The first-order chi connectivity index (χ1) is 10.6. The van der Waals surface area contributed by atoms with Crippen molar-refractivity contribution in [3.63, 3.8) is 0 Å². The van der Waals surface area contributed by atoms with Crippen LogP contribution in [0.15, 0.2) is 36.4 Å². The van der Waals surface area contributed by atoms with Crippen LogP contribution in [0.3, 0.4) is 0 Å². The number of phenolic OH excluding ortho intramolecular Hbond substituents is 1. The molecule has 0 aliphatic rings. The van der Waals surface area contributed by atoms with Crippen LogP contribution in [0.4, 0.5) is 5.69 Å². The van der Waals surface area contributed by atoms with Crippen molar-refractivity contribution in [1.82, 2.24) is 0 Å². The van der Waals surface area contributed by atoms with Crippen molar-refractivity contribution < 1.29 is 19.5 Å². The van der Waals surface area contributed by atoms with Crippen LogP contribution in [-0.2, 0) is 17.8 Å². The second kappa shape index (κ2) is 6.91. The minimum atomic E-state index is -0.582. The number of hydrogen-bond acceptors (Lipinski definition) is 5. The molecule has 0 atom stereocenters. The maximum Gasteiger partial charge on any atom is 0.316 e. The predicted molar refractivity (Wildman–Crippen MR) is 81.3 cm³/mol. The van der Waals surface area contributed by atoms with Gasteiger partial charge in [-0.05, 0) is 35.7 Å². The van der Waals surface area contributed by atoms with Gasteiger partial charge < -0.3 is 14.6 Å². The number of benzene rings is 2. The molecular formula is C16H17NO5. The van der Waals surface area contributed by atoms with Gasteiger partial charge in [0, 0.05) is 7.11 Å². The first-order valence-corrected chi connectivity index (χ1v) is 6.66. The lowest BCUT2D eigenvalue weighted by molar-refractivity contribution is -0.387. The van der Waals surface area contributed by atoms with Crippen LogP contribution >= 0.6 is 0 Å². The van der Waals surface area contributed by atoms with Crippen LogP contribution in [0.2, 0.25) is 0 Å². The van der Waals surface area contributed by atoms with Gasteiger partial charge in [-0.25, -0.2) is 0 Å². The van der Waals surface area contributed by atoms with Gasteiger partial charge in [-0.15, -0.1) is 0 Å². The molecule has 0 aromatic heterocycles. The quantitative estimate of drug-likeness (QED) is 0.655. The number of nitrogens with zero attached hydrogens (tertiary/aromatic N) is 1. The third kappa shape index (κ3) is 3.35. The first-order valence-electron chi connectivity index (χ1n) is 6.66. The molecule has 0 heterocycles. The highest BCUT2D eigenvalue weighted by Crippen LogP contribution is 2.34. The Labute approximate surface area is 128 Å². The molecule has 0 fully saturated rings. The molecule has 0 bridgehead atoms. The lowest BCUT2D eigenvalue weighted by Crippen LogP contribution is -2.03. The maximum atomic E-state index is 11.2. The molecule has 0 spiro atoms. The summed E-state index contributed by atoms with van der Waals surface area (Å²) in [5.41, 5.74) is 1.82. The van der Waals surface area contributed by atoms with E-state index in [2.05, 4.69) is 0 Å². The molecule has 1 N–H and O–H groups in total. The molecule has 6 heteroatoms. The lowest BCUT2D eigenvalue weighted by atomic mass is 9.98. The highest BCUT2D eigenvalue weighted by Gasteiger charge is 2.22. The minimum Gasteiger partial charge on any atom is -0.502 e. The summed E-state index contributed by atoms with van der Waals surface area (Å²) >= 11 is 0. The van der Waals surface area contributed by atoms with E-state index in [1.165, 1.54) is 13.2 Å². The Morgan fingerprint density at radius 2 is 1.82 bits per heavy atom.